The van der Waals surface area contributed by atoms with Crippen molar-refractivity contribution in [2.75, 3.05) is 26.8 Å². The SMILES string of the molecule is C=CCOc1ccc(C(=O)N2CCC(C)CC2CN)cc1OC.Cl. The van der Waals surface area contributed by atoms with Gasteiger partial charge in [0.25, 0.3) is 5.91 Å². The predicted molar refractivity (Wildman–Crippen MR) is 98.2 cm³/mol. The van der Waals surface area contributed by atoms with Gasteiger partial charge in [0.15, 0.2) is 11.5 Å². The van der Waals surface area contributed by atoms with Crippen molar-refractivity contribution in [3.05, 3.63) is 36.4 Å². The lowest BCUT2D eigenvalue weighted by Crippen LogP contribution is -2.49. The summed E-state index contributed by atoms with van der Waals surface area (Å²) in [6.45, 7) is 7.47. The number of methoxy groups -OCH3 is 1. The average Bonchev–Trinajstić information content (AvgIpc) is 2.59. The molecule has 0 saturated carbocycles. The van der Waals surface area contributed by atoms with Gasteiger partial charge in [-0.05, 0) is 37.0 Å². The summed E-state index contributed by atoms with van der Waals surface area (Å²) in [5.74, 6) is 1.76. The molecule has 2 N–H and O–H groups in total. The first kappa shape index (κ1) is 20.3. The number of piperidine rings is 1. The summed E-state index contributed by atoms with van der Waals surface area (Å²) in [6, 6.07) is 5.37. The van der Waals surface area contributed by atoms with E-state index in [0.717, 1.165) is 19.4 Å². The third-order valence-corrected chi connectivity index (χ3v) is 4.28. The maximum atomic E-state index is 12.8. The van der Waals surface area contributed by atoms with E-state index in [1.807, 2.05) is 4.90 Å². The Hall–Kier alpha value is -1.72. The maximum Gasteiger partial charge on any atom is 0.254 e. The van der Waals surface area contributed by atoms with Gasteiger partial charge in [-0.15, -0.1) is 12.4 Å². The standard InChI is InChI=1S/C18H26N2O3.ClH/c1-4-9-23-16-6-5-14(11-17(16)22-3)18(21)20-8-7-13(2)10-15(20)12-19;/h4-6,11,13,15H,1,7-10,12,19H2,2-3H3;1H. The molecule has 6 heteroatoms. The number of likely N-dealkylation sites (tertiary alicyclic amines) is 1. The van der Waals surface area contributed by atoms with E-state index in [9.17, 15) is 4.79 Å². The molecule has 0 radical (unpaired) electrons. The second kappa shape index (κ2) is 9.55. The molecule has 2 rings (SSSR count). The first-order valence-electron chi connectivity index (χ1n) is 8.03. The molecule has 24 heavy (non-hydrogen) atoms. The second-order valence-electron chi connectivity index (χ2n) is 5.98. The fourth-order valence-electron chi connectivity index (χ4n) is 2.98. The van der Waals surface area contributed by atoms with E-state index in [2.05, 4.69) is 13.5 Å². The summed E-state index contributed by atoms with van der Waals surface area (Å²) in [6.07, 6.45) is 3.64. The van der Waals surface area contributed by atoms with Crippen LogP contribution in [0.3, 0.4) is 0 Å². The molecule has 0 aromatic heterocycles. The van der Waals surface area contributed by atoms with Crippen molar-refractivity contribution in [3.63, 3.8) is 0 Å². The molecule has 1 aromatic rings. The van der Waals surface area contributed by atoms with Crippen molar-refractivity contribution in [3.8, 4) is 11.5 Å². The van der Waals surface area contributed by atoms with Crippen LogP contribution in [0, 0.1) is 5.92 Å². The number of amides is 1. The minimum Gasteiger partial charge on any atom is -0.493 e. The third kappa shape index (κ3) is 4.65. The van der Waals surface area contributed by atoms with Crippen molar-refractivity contribution in [2.45, 2.75) is 25.8 Å². The molecule has 134 valence electrons. The van der Waals surface area contributed by atoms with Gasteiger partial charge in [-0.3, -0.25) is 4.79 Å². The summed E-state index contributed by atoms with van der Waals surface area (Å²) < 4.78 is 10.9. The number of carbonyl (C=O) groups is 1. The lowest BCUT2D eigenvalue weighted by atomic mass is 9.92. The molecule has 2 atom stereocenters. The molecule has 5 nitrogen and oxygen atoms in total. The van der Waals surface area contributed by atoms with E-state index in [1.165, 1.54) is 0 Å². The third-order valence-electron chi connectivity index (χ3n) is 4.28. The molecule has 0 aliphatic carbocycles. The minimum atomic E-state index is 0. The zero-order chi connectivity index (χ0) is 16.8. The summed E-state index contributed by atoms with van der Waals surface area (Å²) in [5.41, 5.74) is 6.46. The molecular formula is C18H27ClN2O3. The Morgan fingerprint density at radius 2 is 2.21 bits per heavy atom. The zero-order valence-electron chi connectivity index (χ0n) is 14.4. The van der Waals surface area contributed by atoms with Crippen LogP contribution in [0.2, 0.25) is 0 Å². The van der Waals surface area contributed by atoms with Gasteiger partial charge in [0.05, 0.1) is 7.11 Å². The number of halogens is 1. The first-order chi connectivity index (χ1) is 11.1. The smallest absolute Gasteiger partial charge is 0.254 e. The molecule has 0 spiro atoms. The van der Waals surface area contributed by atoms with Crippen LogP contribution in [0.4, 0.5) is 0 Å². The zero-order valence-corrected chi connectivity index (χ0v) is 15.2. The number of benzene rings is 1. The van der Waals surface area contributed by atoms with Crippen LogP contribution in [0.1, 0.15) is 30.1 Å². The Morgan fingerprint density at radius 1 is 1.46 bits per heavy atom. The van der Waals surface area contributed by atoms with Gasteiger partial charge in [0.2, 0.25) is 0 Å². The quantitative estimate of drug-likeness (QED) is 0.798. The molecule has 1 aliphatic heterocycles. The number of hydrogen-bond donors (Lipinski definition) is 1. The lowest BCUT2D eigenvalue weighted by molar-refractivity contribution is 0.0573. The van der Waals surface area contributed by atoms with E-state index < -0.39 is 0 Å². The van der Waals surface area contributed by atoms with Gasteiger partial charge < -0.3 is 20.1 Å². The van der Waals surface area contributed by atoms with Gasteiger partial charge >= 0.3 is 0 Å². The van der Waals surface area contributed by atoms with Gasteiger partial charge in [0, 0.05) is 24.7 Å². The van der Waals surface area contributed by atoms with Crippen molar-refractivity contribution in [1.29, 1.82) is 0 Å². The van der Waals surface area contributed by atoms with Gasteiger partial charge in [-0.1, -0.05) is 19.6 Å². The number of rotatable bonds is 6. The van der Waals surface area contributed by atoms with E-state index >= 15 is 0 Å². The van der Waals surface area contributed by atoms with Crippen LogP contribution in [0.25, 0.3) is 0 Å². The Balaban J connectivity index is 0.00000288. The second-order valence-corrected chi connectivity index (χ2v) is 5.98. The fraction of sp³-hybridized carbons (Fsp3) is 0.500. The number of carbonyl (C=O) groups excluding carboxylic acids is 1. The predicted octanol–water partition coefficient (Wildman–Crippen LogP) is 2.88. The molecule has 1 amide bonds. The van der Waals surface area contributed by atoms with E-state index in [-0.39, 0.29) is 24.4 Å². The molecule has 0 bridgehead atoms. The maximum absolute atomic E-state index is 12.8. The summed E-state index contributed by atoms with van der Waals surface area (Å²) in [5, 5.41) is 0. The molecule has 1 aromatic carbocycles. The molecule has 1 fully saturated rings. The lowest BCUT2D eigenvalue weighted by Gasteiger charge is -2.38. The minimum absolute atomic E-state index is 0. The van der Waals surface area contributed by atoms with Gasteiger partial charge in [-0.25, -0.2) is 0 Å². The Bertz CT molecular complexity index is 565. The highest BCUT2D eigenvalue weighted by Crippen LogP contribution is 2.30. The van der Waals surface area contributed by atoms with Crippen LogP contribution < -0.4 is 15.2 Å². The monoisotopic (exact) mass is 354 g/mol. The number of hydrogen-bond acceptors (Lipinski definition) is 4. The topological polar surface area (TPSA) is 64.8 Å². The van der Waals surface area contributed by atoms with Crippen molar-refractivity contribution in [1.82, 2.24) is 4.90 Å². The first-order valence-corrected chi connectivity index (χ1v) is 8.03. The Kier molecular flexibility index (Phi) is 8.08. The molecule has 1 aliphatic rings. The van der Waals surface area contributed by atoms with Crippen LogP contribution in [0.5, 0.6) is 11.5 Å². The Labute approximate surface area is 150 Å². The summed E-state index contributed by atoms with van der Waals surface area (Å²) in [7, 11) is 1.57. The van der Waals surface area contributed by atoms with Gasteiger partial charge in [0.1, 0.15) is 6.61 Å². The van der Waals surface area contributed by atoms with Crippen molar-refractivity contribution < 1.29 is 14.3 Å². The highest BCUT2D eigenvalue weighted by atomic mass is 35.5. The van der Waals surface area contributed by atoms with Crippen LogP contribution in [-0.2, 0) is 0 Å². The van der Waals surface area contributed by atoms with Crippen LogP contribution in [-0.4, -0.2) is 43.7 Å². The fourth-order valence-corrected chi connectivity index (χ4v) is 2.98. The average molecular weight is 355 g/mol. The number of nitrogens with two attached hydrogens (primary N) is 1. The highest BCUT2D eigenvalue weighted by molar-refractivity contribution is 5.95. The van der Waals surface area contributed by atoms with Crippen molar-refractivity contribution >= 4 is 18.3 Å². The number of nitrogens with zero attached hydrogens (tertiary/aromatic N) is 1. The van der Waals surface area contributed by atoms with Crippen LogP contribution >= 0.6 is 12.4 Å². The molecule has 1 saturated heterocycles. The van der Waals surface area contributed by atoms with Gasteiger partial charge in [-0.2, -0.15) is 0 Å². The van der Waals surface area contributed by atoms with E-state index in [1.54, 1.807) is 31.4 Å². The molecule has 1 heterocycles. The summed E-state index contributed by atoms with van der Waals surface area (Å²) >= 11 is 0. The Morgan fingerprint density at radius 3 is 2.83 bits per heavy atom. The highest BCUT2D eigenvalue weighted by Gasteiger charge is 2.29. The molecular weight excluding hydrogens is 328 g/mol. The van der Waals surface area contributed by atoms with Crippen molar-refractivity contribution in [2.24, 2.45) is 11.7 Å². The normalized spacial score (nSPS) is 20.0. The van der Waals surface area contributed by atoms with Crippen LogP contribution in [0.15, 0.2) is 30.9 Å². The number of ether oxygens (including phenoxy) is 2. The van der Waals surface area contributed by atoms with E-state index in [4.69, 9.17) is 15.2 Å². The molecule has 2 unspecified atom stereocenters. The van der Waals surface area contributed by atoms with E-state index in [0.29, 0.717) is 36.1 Å². The summed E-state index contributed by atoms with van der Waals surface area (Å²) in [4.78, 5) is 14.7. The largest absolute Gasteiger partial charge is 0.493 e.